The van der Waals surface area contributed by atoms with Crippen molar-refractivity contribution in [3.63, 3.8) is 0 Å². The number of nitrogens with one attached hydrogen (secondary N) is 1. The molecule has 0 saturated carbocycles. The molecule has 9 rings (SSSR count). The van der Waals surface area contributed by atoms with E-state index in [1.165, 1.54) is 49.6 Å². The lowest BCUT2D eigenvalue weighted by Crippen LogP contribution is -2.53. The monoisotopic (exact) mass is 824 g/mol. The lowest BCUT2D eigenvalue weighted by molar-refractivity contribution is -0.245. The SMILES string of the molecule is COc1cccc2c1C(=O)c1c(O)c3c(c(O)c1C2=O)C[C@](O)(/C(CO)=N/NC(=O)c1ccc(N2C(=O)C4C5C=CC(O5)C4C2=O)cc1)C[C@H]3O[C@H]1C[C@H](N)[C@H](O)[C@H](C)O1. The minimum absolute atomic E-state index is 0.0425. The van der Waals surface area contributed by atoms with Gasteiger partial charge in [0.15, 0.2) is 12.1 Å². The number of benzene rings is 3. The third kappa shape index (κ3) is 5.89. The van der Waals surface area contributed by atoms with Gasteiger partial charge in [-0.3, -0.25) is 24.0 Å². The van der Waals surface area contributed by atoms with Crippen LogP contribution in [0.3, 0.4) is 0 Å². The molecule has 3 aromatic rings. The van der Waals surface area contributed by atoms with Crippen LogP contribution in [0.5, 0.6) is 17.2 Å². The van der Waals surface area contributed by atoms with Crippen LogP contribution in [0.1, 0.15) is 79.2 Å². The zero-order chi connectivity index (χ0) is 42.5. The van der Waals surface area contributed by atoms with Gasteiger partial charge in [0.25, 0.3) is 5.91 Å². The van der Waals surface area contributed by atoms with Gasteiger partial charge in [-0.15, -0.1) is 0 Å². The first kappa shape index (κ1) is 39.6. The van der Waals surface area contributed by atoms with E-state index < -0.39 is 137 Å². The molecule has 3 aromatic carbocycles. The van der Waals surface area contributed by atoms with Gasteiger partial charge in [-0.05, 0) is 37.3 Å². The highest BCUT2D eigenvalue weighted by molar-refractivity contribution is 6.31. The van der Waals surface area contributed by atoms with Gasteiger partial charge in [-0.25, -0.2) is 10.3 Å². The van der Waals surface area contributed by atoms with E-state index in [-0.39, 0.29) is 45.7 Å². The molecule has 2 aliphatic carbocycles. The number of ether oxygens (including phenoxy) is 4. The van der Waals surface area contributed by atoms with Crippen molar-refractivity contribution in [3.8, 4) is 17.2 Å². The quantitative estimate of drug-likeness (QED) is 0.0423. The number of phenolic OH excluding ortho intramolecular Hbond substituents is 2. The molecule has 3 fully saturated rings. The van der Waals surface area contributed by atoms with Crippen molar-refractivity contribution >= 4 is 40.7 Å². The Labute approximate surface area is 340 Å². The van der Waals surface area contributed by atoms with Gasteiger partial charge < -0.3 is 50.2 Å². The minimum Gasteiger partial charge on any atom is -0.507 e. The van der Waals surface area contributed by atoms with E-state index in [1.807, 2.05) is 0 Å². The molecule has 10 atom stereocenters. The first-order valence-electron chi connectivity index (χ1n) is 19.3. The van der Waals surface area contributed by atoms with E-state index in [4.69, 9.17) is 24.7 Å². The summed E-state index contributed by atoms with van der Waals surface area (Å²) < 4.78 is 23.2. The highest BCUT2D eigenvalue weighted by atomic mass is 16.7. The fourth-order valence-electron chi connectivity index (χ4n) is 9.40. The number of nitrogens with zero attached hydrogens (tertiary/aromatic N) is 2. The molecule has 18 heteroatoms. The number of anilines is 1. The number of ketones is 2. The molecule has 4 aliphatic heterocycles. The van der Waals surface area contributed by atoms with Crippen molar-refractivity contribution in [2.75, 3.05) is 18.6 Å². The minimum atomic E-state index is -2.24. The van der Waals surface area contributed by atoms with Crippen molar-refractivity contribution < 1.29 is 68.5 Å². The van der Waals surface area contributed by atoms with Gasteiger partial charge in [0.1, 0.15) is 22.8 Å². The summed E-state index contributed by atoms with van der Waals surface area (Å²) in [5.74, 6) is -5.82. The largest absolute Gasteiger partial charge is 0.507 e. The van der Waals surface area contributed by atoms with Crippen LogP contribution in [0.15, 0.2) is 59.7 Å². The summed E-state index contributed by atoms with van der Waals surface area (Å²) in [4.78, 5) is 68.9. The van der Waals surface area contributed by atoms with Crippen LogP contribution in [0.4, 0.5) is 5.69 Å². The lowest BCUT2D eigenvalue weighted by atomic mass is 9.71. The number of phenols is 2. The first-order chi connectivity index (χ1) is 28.7. The summed E-state index contributed by atoms with van der Waals surface area (Å²) in [6.45, 7) is 0.634. The van der Waals surface area contributed by atoms with Crippen LogP contribution in [0.2, 0.25) is 0 Å². The molecule has 3 amide bonds. The number of methoxy groups -OCH3 is 1. The van der Waals surface area contributed by atoms with Crippen molar-refractivity contribution in [1.82, 2.24) is 5.43 Å². The number of carbonyl (C=O) groups is 5. The number of hydrazone groups is 1. The fraction of sp³-hybridized carbons (Fsp3) is 0.381. The van der Waals surface area contributed by atoms with E-state index in [9.17, 15) is 49.5 Å². The van der Waals surface area contributed by atoms with Crippen LogP contribution in [-0.2, 0) is 30.2 Å². The molecule has 2 bridgehead atoms. The number of aliphatic hydroxyl groups is 3. The molecule has 0 spiro atoms. The molecule has 0 radical (unpaired) electrons. The maximum absolute atomic E-state index is 14.0. The molecular formula is C42H40N4O14. The van der Waals surface area contributed by atoms with Crippen LogP contribution in [0, 0.1) is 11.8 Å². The molecule has 6 aliphatic rings. The molecule has 60 heavy (non-hydrogen) atoms. The molecule has 4 heterocycles. The second-order valence-electron chi connectivity index (χ2n) is 15.8. The predicted molar refractivity (Wildman–Crippen MR) is 205 cm³/mol. The zero-order valence-corrected chi connectivity index (χ0v) is 32.1. The number of amides is 3. The van der Waals surface area contributed by atoms with E-state index in [2.05, 4.69) is 10.5 Å². The summed E-state index contributed by atoms with van der Waals surface area (Å²) >= 11 is 0. The summed E-state index contributed by atoms with van der Waals surface area (Å²) in [5, 5.41) is 61.1. The molecule has 8 N–H and O–H groups in total. The molecular weight excluding hydrogens is 784 g/mol. The standard InChI is InChI=1S/C42H40N4O14/c1-16-34(48)21(43)12-27(58-16)60-25-14-42(56,13-20-29(25)38(52)33-32(36(20)50)35(49)19-4-3-5-22(57-2)28(19)37(33)51)26(15-47)44-45-39(53)17-6-8-18(9-7-17)46-40(54)30-23-10-11-24(59-23)31(30)41(46)55/h3-11,16,21,23-25,27,30-31,34,47-48,50,52,56H,12-15,43H2,1-2H3,(H,45,53)/b44-26+/t16-,21-,23?,24?,25+,27-,30?,31?,34+,42+/m0/s1. The Bertz CT molecular complexity index is 2410. The van der Waals surface area contributed by atoms with E-state index in [1.54, 1.807) is 19.1 Å². The summed E-state index contributed by atoms with van der Waals surface area (Å²) in [5.41, 5.74) is 4.52. The second kappa shape index (κ2) is 14.4. The topological polar surface area (TPSA) is 277 Å². The number of aliphatic hydroxyl groups excluding tert-OH is 2. The Morgan fingerprint density at radius 1 is 0.967 bits per heavy atom. The van der Waals surface area contributed by atoms with Crippen molar-refractivity contribution in [1.29, 1.82) is 0 Å². The van der Waals surface area contributed by atoms with Crippen molar-refractivity contribution in [3.05, 3.63) is 93.6 Å². The smallest absolute Gasteiger partial charge is 0.271 e. The second-order valence-corrected chi connectivity index (χ2v) is 15.8. The van der Waals surface area contributed by atoms with Crippen LogP contribution in [0.25, 0.3) is 0 Å². The van der Waals surface area contributed by atoms with Crippen molar-refractivity contribution in [2.24, 2.45) is 22.7 Å². The van der Waals surface area contributed by atoms with Gasteiger partial charge in [-0.1, -0.05) is 24.3 Å². The van der Waals surface area contributed by atoms with Crippen LogP contribution < -0.4 is 20.8 Å². The third-order valence-corrected chi connectivity index (χ3v) is 12.4. The van der Waals surface area contributed by atoms with E-state index in [0.29, 0.717) is 0 Å². The van der Waals surface area contributed by atoms with Gasteiger partial charge in [-0.2, -0.15) is 5.10 Å². The highest BCUT2D eigenvalue weighted by Crippen LogP contribution is 2.53. The normalized spacial score (nSPS) is 31.5. The highest BCUT2D eigenvalue weighted by Gasteiger charge is 2.61. The summed E-state index contributed by atoms with van der Waals surface area (Å²) in [6, 6.07) is 9.14. The van der Waals surface area contributed by atoms with Gasteiger partial charge >= 0.3 is 0 Å². The van der Waals surface area contributed by atoms with Gasteiger partial charge in [0.05, 0.1) is 84.2 Å². The average molecular weight is 825 g/mol. The Kier molecular flexibility index (Phi) is 9.51. The van der Waals surface area contributed by atoms with Crippen LogP contribution >= 0.6 is 0 Å². The number of fused-ring (bicyclic) bond motifs is 8. The number of nitrogens with two attached hydrogens (primary N) is 1. The Balaban J connectivity index is 1.03. The maximum Gasteiger partial charge on any atom is 0.271 e. The molecule has 0 aromatic heterocycles. The first-order valence-corrected chi connectivity index (χ1v) is 19.3. The van der Waals surface area contributed by atoms with Crippen molar-refractivity contribution in [2.45, 2.75) is 74.6 Å². The maximum atomic E-state index is 14.0. The Hall–Kier alpha value is -5.86. The number of carbonyl (C=O) groups excluding carboxylic acids is 5. The number of hydrogen-bond acceptors (Lipinski definition) is 16. The zero-order valence-electron chi connectivity index (χ0n) is 32.1. The molecule has 312 valence electrons. The third-order valence-electron chi connectivity index (χ3n) is 12.4. The Morgan fingerprint density at radius 2 is 1.63 bits per heavy atom. The lowest BCUT2D eigenvalue weighted by Gasteiger charge is -2.43. The van der Waals surface area contributed by atoms with Gasteiger partial charge in [0, 0.05) is 47.6 Å². The number of hydrogen-bond donors (Lipinski definition) is 7. The number of rotatable bonds is 8. The number of aromatic hydroxyl groups is 2. The Morgan fingerprint density at radius 3 is 2.27 bits per heavy atom. The number of imide groups is 1. The fourth-order valence-corrected chi connectivity index (χ4v) is 9.40. The van der Waals surface area contributed by atoms with E-state index >= 15 is 0 Å². The van der Waals surface area contributed by atoms with Gasteiger partial charge in [0.2, 0.25) is 17.6 Å². The van der Waals surface area contributed by atoms with Crippen LogP contribution in [-0.4, -0.2) is 117 Å². The molecule has 3 saturated heterocycles. The molecule has 4 unspecified atom stereocenters. The average Bonchev–Trinajstić information content (AvgIpc) is 3.93. The van der Waals surface area contributed by atoms with E-state index in [0.717, 1.165) is 4.90 Å². The predicted octanol–water partition coefficient (Wildman–Crippen LogP) is 0.661. The summed E-state index contributed by atoms with van der Waals surface area (Å²) in [6.07, 6.45) is -2.92. The molecule has 18 nitrogen and oxygen atoms in total. The summed E-state index contributed by atoms with van der Waals surface area (Å²) in [7, 11) is 1.31.